The highest BCUT2D eigenvalue weighted by Gasteiger charge is 2.30. The van der Waals surface area contributed by atoms with Gasteiger partial charge in [-0.3, -0.25) is 14.6 Å². The van der Waals surface area contributed by atoms with Gasteiger partial charge in [0.05, 0.1) is 24.0 Å². The third-order valence-electron chi connectivity index (χ3n) is 8.10. The van der Waals surface area contributed by atoms with Crippen molar-refractivity contribution in [2.75, 3.05) is 43.4 Å². The molecule has 264 valence electrons. The molecular weight excluding hydrogens is 687 g/mol. The topological polar surface area (TPSA) is 152 Å². The van der Waals surface area contributed by atoms with Crippen molar-refractivity contribution in [3.05, 3.63) is 105 Å². The summed E-state index contributed by atoms with van der Waals surface area (Å²) in [5.41, 5.74) is 4.73. The number of aryl methyl sites for hydroxylation is 1. The number of phenolic OH excluding ortho intramolecular Hbond substituents is 1. The van der Waals surface area contributed by atoms with Crippen LogP contribution in [0.3, 0.4) is 0 Å². The maximum Gasteiger partial charge on any atom is 0.416 e. The number of halogens is 3. The van der Waals surface area contributed by atoms with E-state index in [-0.39, 0.29) is 29.5 Å². The Morgan fingerprint density at radius 2 is 1.73 bits per heavy atom. The number of carbonyl (C=O) groups is 2. The monoisotopic (exact) mass is 719 g/mol. The number of aromatic hydroxyl groups is 1. The fraction of sp³-hybridized carbons (Fsp3) is 0.229. The number of fused-ring (bicyclic) bond motifs is 1. The van der Waals surface area contributed by atoms with Crippen LogP contribution in [0.25, 0.3) is 21.5 Å². The van der Waals surface area contributed by atoms with Crippen molar-refractivity contribution in [1.29, 1.82) is 0 Å². The van der Waals surface area contributed by atoms with Crippen molar-refractivity contribution in [3.8, 4) is 16.3 Å². The quantitative estimate of drug-likeness (QED) is 0.0840. The van der Waals surface area contributed by atoms with E-state index in [1.54, 1.807) is 25.1 Å². The Morgan fingerprint density at radius 1 is 1.00 bits per heavy atom. The molecule has 1 fully saturated rings. The first-order valence-electron chi connectivity index (χ1n) is 15.7. The third kappa shape index (κ3) is 9.16. The molecule has 5 aromatic rings. The molecule has 1 saturated heterocycles. The van der Waals surface area contributed by atoms with Gasteiger partial charge in [0.15, 0.2) is 0 Å². The van der Waals surface area contributed by atoms with E-state index >= 15 is 0 Å². The normalized spacial score (nSPS) is 14.2. The maximum atomic E-state index is 13.0. The summed E-state index contributed by atoms with van der Waals surface area (Å²) in [6, 6.07) is 15.1. The lowest BCUT2D eigenvalue weighted by molar-refractivity contribution is -0.137. The van der Waals surface area contributed by atoms with Gasteiger partial charge in [-0.05, 0) is 61.0 Å². The minimum absolute atomic E-state index is 0.0258. The van der Waals surface area contributed by atoms with Crippen LogP contribution in [0.4, 0.5) is 29.3 Å². The molecule has 16 heteroatoms. The van der Waals surface area contributed by atoms with Crippen LogP contribution in [0.5, 0.6) is 5.75 Å². The van der Waals surface area contributed by atoms with Crippen molar-refractivity contribution in [1.82, 2.24) is 20.2 Å². The molecule has 3 aromatic carbocycles. The summed E-state index contributed by atoms with van der Waals surface area (Å²) in [5.74, 6) is -0.421. The van der Waals surface area contributed by atoms with Gasteiger partial charge < -0.3 is 20.2 Å². The number of nitrogens with zero attached hydrogens (tertiary/aromatic N) is 4. The van der Waals surface area contributed by atoms with E-state index in [1.807, 2.05) is 22.4 Å². The Balaban J connectivity index is 0.936. The summed E-state index contributed by atoms with van der Waals surface area (Å²) in [6.07, 6.45) is -3.17. The standard InChI is InChI=1S/C35H32F3N7O5S/c1-21-13-32(48)50-30-16-29(46)23(14-28(21)30)17-39-43-31(47)19-45-11-9-44(10-12-45)18-27-20-51-33(40-27)22-5-7-25(8-6-22)41-34(49)42-26-4-2-3-24(15-26)35(36,37)38/h2-8,13-17,20,46H,9-12,18-19H2,1H3,(H,43,47)(H2,41,42,49)/b39-17+. The molecule has 1 aliphatic heterocycles. The van der Waals surface area contributed by atoms with Crippen LogP contribution < -0.4 is 21.7 Å². The summed E-state index contributed by atoms with van der Waals surface area (Å²) in [5, 5.41) is 22.8. The van der Waals surface area contributed by atoms with Crippen molar-refractivity contribution in [2.24, 2.45) is 5.10 Å². The Labute approximate surface area is 293 Å². The molecule has 1 aliphatic rings. The second kappa shape index (κ2) is 15.1. The highest BCUT2D eigenvalue weighted by molar-refractivity contribution is 7.13. The van der Waals surface area contributed by atoms with E-state index in [1.165, 1.54) is 41.8 Å². The Kier molecular flexibility index (Phi) is 10.5. The zero-order valence-electron chi connectivity index (χ0n) is 27.2. The van der Waals surface area contributed by atoms with Crippen LogP contribution >= 0.6 is 11.3 Å². The van der Waals surface area contributed by atoms with Crippen molar-refractivity contribution >= 4 is 51.8 Å². The first kappa shape index (κ1) is 35.3. The lowest BCUT2D eigenvalue weighted by Gasteiger charge is -2.33. The lowest BCUT2D eigenvalue weighted by atomic mass is 10.1. The van der Waals surface area contributed by atoms with E-state index in [4.69, 9.17) is 9.40 Å². The highest BCUT2D eigenvalue weighted by atomic mass is 32.1. The summed E-state index contributed by atoms with van der Waals surface area (Å²) in [6.45, 7) is 5.42. The van der Waals surface area contributed by atoms with Crippen molar-refractivity contribution in [3.63, 3.8) is 0 Å². The average molecular weight is 720 g/mol. The van der Waals surface area contributed by atoms with E-state index in [0.29, 0.717) is 41.8 Å². The van der Waals surface area contributed by atoms with E-state index < -0.39 is 23.4 Å². The van der Waals surface area contributed by atoms with Gasteiger partial charge in [0.2, 0.25) is 0 Å². The largest absolute Gasteiger partial charge is 0.507 e. The summed E-state index contributed by atoms with van der Waals surface area (Å²) >= 11 is 1.49. The number of rotatable bonds is 9. The van der Waals surface area contributed by atoms with Gasteiger partial charge in [0, 0.05) is 78.1 Å². The van der Waals surface area contributed by atoms with E-state index in [2.05, 4.69) is 26.1 Å². The molecule has 12 nitrogen and oxygen atoms in total. The van der Waals surface area contributed by atoms with Crippen LogP contribution in [0.15, 0.2) is 86.4 Å². The number of aromatic nitrogens is 1. The van der Waals surface area contributed by atoms with Crippen LogP contribution in [-0.4, -0.2) is 70.8 Å². The number of hydrazone groups is 1. The number of carbonyl (C=O) groups excluding carboxylic acids is 2. The molecule has 4 N–H and O–H groups in total. The fourth-order valence-corrected chi connectivity index (χ4v) is 6.31. The second-order valence-electron chi connectivity index (χ2n) is 11.9. The van der Waals surface area contributed by atoms with Gasteiger partial charge in [0.1, 0.15) is 16.3 Å². The molecule has 0 unspecified atom stereocenters. The molecule has 6 rings (SSSR count). The smallest absolute Gasteiger partial charge is 0.416 e. The number of benzene rings is 3. The predicted molar refractivity (Wildman–Crippen MR) is 188 cm³/mol. The van der Waals surface area contributed by atoms with Gasteiger partial charge in [-0.25, -0.2) is 20.0 Å². The Morgan fingerprint density at radius 3 is 2.47 bits per heavy atom. The van der Waals surface area contributed by atoms with Gasteiger partial charge >= 0.3 is 17.8 Å². The second-order valence-corrected chi connectivity index (χ2v) is 12.7. The molecule has 0 spiro atoms. The Bertz CT molecular complexity index is 2140. The minimum Gasteiger partial charge on any atom is -0.507 e. The fourth-order valence-electron chi connectivity index (χ4n) is 5.50. The molecule has 0 bridgehead atoms. The zero-order valence-corrected chi connectivity index (χ0v) is 28.0. The average Bonchev–Trinajstić information content (AvgIpc) is 3.54. The molecule has 2 aromatic heterocycles. The van der Waals surface area contributed by atoms with Gasteiger partial charge in [-0.15, -0.1) is 11.3 Å². The van der Waals surface area contributed by atoms with Crippen molar-refractivity contribution < 1.29 is 32.3 Å². The first-order valence-corrected chi connectivity index (χ1v) is 16.6. The number of hydrogen-bond acceptors (Lipinski definition) is 10. The van der Waals surface area contributed by atoms with Crippen LogP contribution in [0.1, 0.15) is 22.4 Å². The molecule has 3 heterocycles. The molecule has 51 heavy (non-hydrogen) atoms. The van der Waals surface area contributed by atoms with E-state index in [9.17, 15) is 32.7 Å². The summed E-state index contributed by atoms with van der Waals surface area (Å²) in [7, 11) is 0. The highest BCUT2D eigenvalue weighted by Crippen LogP contribution is 2.31. The molecule has 0 aliphatic carbocycles. The minimum atomic E-state index is -4.51. The number of amides is 3. The number of urea groups is 1. The number of nitrogens with one attached hydrogen (secondary N) is 3. The van der Waals surface area contributed by atoms with Crippen molar-refractivity contribution in [2.45, 2.75) is 19.6 Å². The predicted octanol–water partition coefficient (Wildman–Crippen LogP) is 5.86. The molecule has 0 saturated carbocycles. The molecular formula is C35H32F3N7O5S. The van der Waals surface area contributed by atoms with E-state index in [0.717, 1.165) is 41.5 Å². The SMILES string of the molecule is Cc1cc(=O)oc2cc(O)c(/C=N/NC(=O)CN3CCN(Cc4csc(-c5ccc(NC(=O)Nc6cccc(C(F)(F)F)c6)cc5)n4)CC3)cc12. The van der Waals surface area contributed by atoms with Gasteiger partial charge in [0.25, 0.3) is 5.91 Å². The maximum absolute atomic E-state index is 13.0. The lowest BCUT2D eigenvalue weighted by Crippen LogP contribution is -2.48. The molecule has 3 amide bonds. The van der Waals surface area contributed by atoms with Crippen LogP contribution in [0, 0.1) is 6.92 Å². The third-order valence-corrected chi connectivity index (χ3v) is 9.04. The number of anilines is 2. The number of phenols is 1. The van der Waals surface area contributed by atoms with Gasteiger partial charge in [-0.1, -0.05) is 6.07 Å². The first-order chi connectivity index (χ1) is 24.4. The van der Waals surface area contributed by atoms with Crippen LogP contribution in [-0.2, 0) is 17.5 Å². The summed E-state index contributed by atoms with van der Waals surface area (Å²) in [4.78, 5) is 45.5. The number of thiazole rings is 1. The Hall–Kier alpha value is -5.58. The molecule has 0 radical (unpaired) electrons. The number of piperazine rings is 1. The number of alkyl halides is 3. The van der Waals surface area contributed by atoms with Gasteiger partial charge in [-0.2, -0.15) is 18.3 Å². The number of hydrogen-bond donors (Lipinski definition) is 4. The summed E-state index contributed by atoms with van der Waals surface area (Å²) < 4.78 is 44.0. The molecule has 0 atom stereocenters. The zero-order chi connectivity index (χ0) is 36.1. The van der Waals surface area contributed by atoms with Crippen LogP contribution in [0.2, 0.25) is 0 Å².